The van der Waals surface area contributed by atoms with Crippen LogP contribution in [0.25, 0.3) is 27.8 Å². The molecule has 3 N–H and O–H groups in total. The Hall–Kier alpha value is -5.60. The Kier molecular flexibility index (Phi) is 8.84. The Bertz CT molecular complexity index is 2220. The van der Waals surface area contributed by atoms with E-state index in [0.717, 1.165) is 28.2 Å². The van der Waals surface area contributed by atoms with Gasteiger partial charge in [0.2, 0.25) is 0 Å². The van der Waals surface area contributed by atoms with Crippen molar-refractivity contribution in [3.05, 3.63) is 125 Å². The minimum Gasteiger partial charge on any atom is -0.748 e. The van der Waals surface area contributed by atoms with E-state index in [1.165, 1.54) is 45.8 Å². The Morgan fingerprint density at radius 1 is 1.00 bits per heavy atom. The second-order valence-corrected chi connectivity index (χ2v) is 11.6. The number of hydrogen-bond acceptors (Lipinski definition) is 6. The van der Waals surface area contributed by atoms with Gasteiger partial charge in [0.1, 0.15) is 22.5 Å². The van der Waals surface area contributed by atoms with Gasteiger partial charge in [-0.1, -0.05) is 30.3 Å². The molecule has 0 radical (unpaired) electrons. The lowest BCUT2D eigenvalue weighted by atomic mass is 10.1. The first-order valence-corrected chi connectivity index (χ1v) is 15.4. The monoisotopic (exact) mass is 647 g/mol. The number of ether oxygens (including phenoxy) is 1. The number of aromatic nitrogens is 4. The predicted octanol–water partition coefficient (Wildman–Crippen LogP) is 4.93. The topological polar surface area (TPSA) is 152 Å². The zero-order valence-corrected chi connectivity index (χ0v) is 25.5. The summed E-state index contributed by atoms with van der Waals surface area (Å²) in [4.78, 5) is 32.6. The van der Waals surface area contributed by atoms with Crippen molar-refractivity contribution < 1.29 is 36.3 Å². The number of pyridine rings is 1. The zero-order valence-electron chi connectivity index (χ0n) is 24.7. The van der Waals surface area contributed by atoms with E-state index in [-0.39, 0.29) is 17.0 Å². The highest BCUT2D eigenvalue weighted by Gasteiger charge is 2.23. The number of H-pyrrole nitrogens is 2. The average molecular weight is 648 g/mol. The van der Waals surface area contributed by atoms with E-state index in [4.69, 9.17) is 17.7 Å². The lowest BCUT2D eigenvalue weighted by Crippen LogP contribution is -2.25. The van der Waals surface area contributed by atoms with Crippen LogP contribution in [-0.2, 0) is 17.2 Å². The summed E-state index contributed by atoms with van der Waals surface area (Å²) in [7, 11) is -2.30. The summed E-state index contributed by atoms with van der Waals surface area (Å²) in [5.74, 6) is -1.44. The van der Waals surface area contributed by atoms with Crippen LogP contribution in [0.3, 0.4) is 0 Å². The minimum absolute atomic E-state index is 0.0368. The number of carbonyl (C=O) groups excluding carboxylic acids is 1. The fourth-order valence-corrected chi connectivity index (χ4v) is 4.82. The van der Waals surface area contributed by atoms with Crippen molar-refractivity contribution in [1.29, 1.82) is 0 Å². The first kappa shape index (κ1) is 31.8. The molecule has 0 aliphatic carbocycles. The van der Waals surface area contributed by atoms with Gasteiger partial charge in [0.05, 0.1) is 33.9 Å². The molecule has 14 heteroatoms. The summed E-state index contributed by atoms with van der Waals surface area (Å²) in [6.45, 7) is 1.62. The van der Waals surface area contributed by atoms with Crippen molar-refractivity contribution in [1.82, 2.24) is 14.3 Å². The Balaban J connectivity index is 0.000000775. The second kappa shape index (κ2) is 12.8. The quantitative estimate of drug-likeness (QED) is 0.245. The van der Waals surface area contributed by atoms with E-state index < -0.39 is 33.2 Å². The van der Waals surface area contributed by atoms with Crippen LogP contribution in [0.2, 0.25) is 0 Å². The Morgan fingerprint density at radius 2 is 1.67 bits per heavy atom. The Labute approximate surface area is 261 Å². The number of aromatic amines is 2. The third-order valence-corrected chi connectivity index (χ3v) is 6.94. The maximum absolute atomic E-state index is 15.2. The number of benzene rings is 3. The van der Waals surface area contributed by atoms with Gasteiger partial charge in [-0.15, -0.1) is 0 Å². The molecule has 3 heterocycles. The summed E-state index contributed by atoms with van der Waals surface area (Å²) in [5.41, 5.74) is 2.82. The van der Waals surface area contributed by atoms with Crippen LogP contribution in [-0.4, -0.2) is 39.5 Å². The van der Waals surface area contributed by atoms with Crippen LogP contribution in [0, 0.1) is 18.6 Å². The minimum atomic E-state index is -3.92. The predicted molar refractivity (Wildman–Crippen MR) is 166 cm³/mol. The smallest absolute Gasteiger partial charge is 0.288 e. The van der Waals surface area contributed by atoms with Crippen LogP contribution in [0.15, 0.2) is 96.1 Å². The molecule has 11 nitrogen and oxygen atoms in total. The maximum Gasteiger partial charge on any atom is 0.288 e. The van der Waals surface area contributed by atoms with Gasteiger partial charge in [0.25, 0.3) is 17.1 Å². The molecule has 0 spiro atoms. The highest BCUT2D eigenvalue weighted by molar-refractivity contribution is 7.84. The molecule has 0 unspecified atom stereocenters. The van der Waals surface area contributed by atoms with Crippen LogP contribution >= 0.6 is 0 Å². The van der Waals surface area contributed by atoms with Gasteiger partial charge in [-0.3, -0.25) is 14.3 Å². The van der Waals surface area contributed by atoms with Gasteiger partial charge in [0.15, 0.2) is 11.6 Å². The molecule has 0 saturated carbocycles. The van der Waals surface area contributed by atoms with Crippen molar-refractivity contribution >= 4 is 32.7 Å². The van der Waals surface area contributed by atoms with Crippen molar-refractivity contribution in [2.75, 3.05) is 11.6 Å². The zero-order chi connectivity index (χ0) is 33.2. The van der Waals surface area contributed by atoms with Crippen molar-refractivity contribution in [3.8, 4) is 28.3 Å². The summed E-state index contributed by atoms with van der Waals surface area (Å²) in [6, 6.07) is 20.8. The molecule has 0 bridgehead atoms. The summed E-state index contributed by atoms with van der Waals surface area (Å²) in [5, 5.41) is 3.35. The molecule has 46 heavy (non-hydrogen) atoms. The fourth-order valence-electron chi connectivity index (χ4n) is 4.82. The van der Waals surface area contributed by atoms with Crippen LogP contribution in [0.1, 0.15) is 16.1 Å². The van der Waals surface area contributed by atoms with Gasteiger partial charge in [-0.2, -0.15) is 0 Å². The second-order valence-electron chi connectivity index (χ2n) is 10.1. The Morgan fingerprint density at radius 3 is 2.33 bits per heavy atom. The van der Waals surface area contributed by atoms with E-state index in [0.29, 0.717) is 23.4 Å². The van der Waals surface area contributed by atoms with E-state index in [1.807, 2.05) is 36.5 Å². The molecule has 0 aliphatic heterocycles. The standard InChI is InChI=1S/C31H23F2N5O3.CH4O3S/c1-18-27(31(40)38(37(18)2)22-11-8-20(32)9-12-22)30(39)36-21-10-13-25(24(33)16-21)41-26-14-15-34-29-28(26)23(17-35-29)19-6-4-3-5-7-19;1-5(2,3)4/h3-17H,1-2H3,(H,34,35)(H,36,39);1H3,(H,2,3,4). The fraction of sp³-hybridized carbons (Fsp3) is 0.0938. The lowest BCUT2D eigenvalue weighted by molar-refractivity contribution is -0.347. The van der Waals surface area contributed by atoms with Gasteiger partial charge < -0.3 is 14.6 Å². The normalized spacial score (nSPS) is 11.2. The highest BCUT2D eigenvalue weighted by atomic mass is 32.2. The SMILES string of the molecule is CS(=O)(=O)[O-].Cc1c(C(=O)Nc2ccc(Oc3cc[nH+]c4[nH]cc(-c5ccccc5)c34)c(F)c2)c(=O)n(-c2ccc(F)cc2)n1C. The molecule has 6 rings (SSSR count). The first-order chi connectivity index (χ1) is 21.8. The van der Waals surface area contributed by atoms with Gasteiger partial charge in [0, 0.05) is 36.7 Å². The molecule has 0 saturated heterocycles. The first-order valence-electron chi connectivity index (χ1n) is 13.6. The maximum atomic E-state index is 15.2. The third kappa shape index (κ3) is 6.87. The van der Waals surface area contributed by atoms with Gasteiger partial charge in [-0.25, -0.2) is 31.8 Å². The number of carbonyl (C=O) groups is 1. The van der Waals surface area contributed by atoms with Crippen LogP contribution < -0.4 is 20.6 Å². The van der Waals surface area contributed by atoms with Crippen LogP contribution in [0.5, 0.6) is 11.5 Å². The summed E-state index contributed by atoms with van der Waals surface area (Å²) < 4.78 is 64.6. The number of nitrogens with one attached hydrogen (secondary N) is 3. The number of anilines is 1. The summed E-state index contributed by atoms with van der Waals surface area (Å²) >= 11 is 0. The molecule has 236 valence electrons. The largest absolute Gasteiger partial charge is 0.748 e. The third-order valence-electron chi connectivity index (χ3n) is 6.94. The van der Waals surface area contributed by atoms with E-state index in [2.05, 4.69) is 15.3 Å². The highest BCUT2D eigenvalue weighted by Crippen LogP contribution is 2.36. The van der Waals surface area contributed by atoms with Gasteiger partial charge in [-0.05, 0) is 48.9 Å². The molecule has 0 fully saturated rings. The van der Waals surface area contributed by atoms with E-state index in [1.54, 1.807) is 26.2 Å². The van der Waals surface area contributed by atoms with Crippen molar-refractivity contribution in [2.24, 2.45) is 7.05 Å². The number of hydrogen-bond donors (Lipinski definition) is 2. The number of amides is 1. The average Bonchev–Trinajstić information content (AvgIpc) is 3.53. The van der Waals surface area contributed by atoms with E-state index in [9.17, 15) is 14.0 Å². The molecule has 6 aromatic rings. The molecular formula is C32H27F2N5O6S. The molecule has 0 aliphatic rings. The number of halogens is 2. The molecule has 0 atom stereocenters. The summed E-state index contributed by atoms with van der Waals surface area (Å²) in [6.07, 6.45) is 4.15. The van der Waals surface area contributed by atoms with E-state index >= 15 is 4.39 Å². The molecular weight excluding hydrogens is 620 g/mol. The number of fused-ring (bicyclic) bond motifs is 1. The lowest BCUT2D eigenvalue weighted by Gasteiger charge is -2.10. The number of nitrogens with zero attached hydrogens (tertiary/aromatic N) is 2. The van der Waals surface area contributed by atoms with Crippen molar-refractivity contribution in [2.45, 2.75) is 6.92 Å². The molecule has 1 amide bonds. The van der Waals surface area contributed by atoms with Crippen LogP contribution in [0.4, 0.5) is 14.5 Å². The molecule has 3 aromatic heterocycles. The van der Waals surface area contributed by atoms with Crippen molar-refractivity contribution in [3.63, 3.8) is 0 Å². The number of rotatable bonds is 6. The van der Waals surface area contributed by atoms with Gasteiger partial charge >= 0.3 is 0 Å². The molecule has 3 aromatic carbocycles.